The Labute approximate surface area is 277 Å². The summed E-state index contributed by atoms with van der Waals surface area (Å²) in [4.78, 5) is 19.7. The number of methoxy groups -OCH3 is 3. The third-order valence-electron chi connectivity index (χ3n) is 7.68. The third kappa shape index (κ3) is 7.63. The van der Waals surface area contributed by atoms with Crippen LogP contribution < -0.4 is 24.3 Å². The van der Waals surface area contributed by atoms with Crippen molar-refractivity contribution in [2.75, 3.05) is 34.5 Å². The number of aliphatic hydroxyl groups excluding tert-OH is 1. The maximum Gasteiger partial charge on any atom is 0.252 e. The minimum absolute atomic E-state index is 0.0578. The predicted octanol–water partition coefficient (Wildman–Crippen LogP) is 6.05. The van der Waals surface area contributed by atoms with E-state index in [1.54, 1.807) is 27.4 Å². The van der Waals surface area contributed by atoms with E-state index in [1.807, 2.05) is 84.9 Å². The summed E-state index contributed by atoms with van der Waals surface area (Å²) in [5, 5.41) is 12.2. The number of nitrogens with zero attached hydrogens (tertiary/aromatic N) is 1. The second kappa shape index (κ2) is 15.2. The number of rotatable bonds is 14. The largest absolute Gasteiger partial charge is 0.497 e. The Kier molecular flexibility index (Phi) is 10.8. The lowest BCUT2D eigenvalue weighted by Crippen LogP contribution is -2.49. The molecule has 5 rings (SSSR count). The van der Waals surface area contributed by atoms with Crippen LogP contribution in [0, 0.1) is 0 Å². The summed E-state index contributed by atoms with van der Waals surface area (Å²) in [5.41, 5.74) is 1.79. The van der Waals surface area contributed by atoms with Gasteiger partial charge >= 0.3 is 0 Å². The van der Waals surface area contributed by atoms with Gasteiger partial charge in [0.1, 0.15) is 23.0 Å². The SMILES string of the molecule is COc1cc(CNC(=O)[C@]2(Cc3ccc(Br)cc3)N=C(c3ccc(OCCCO)cc3)O[C@@H]2c2cccc(OC)c2)cc(OC)c1. The number of amides is 1. The van der Waals surface area contributed by atoms with Crippen molar-refractivity contribution < 1.29 is 33.6 Å². The summed E-state index contributed by atoms with van der Waals surface area (Å²) < 4.78 is 29.7. The van der Waals surface area contributed by atoms with E-state index in [-0.39, 0.29) is 25.5 Å². The van der Waals surface area contributed by atoms with Gasteiger partial charge in [-0.25, -0.2) is 4.99 Å². The summed E-state index contributed by atoms with van der Waals surface area (Å²) in [6.45, 7) is 0.674. The summed E-state index contributed by atoms with van der Waals surface area (Å²) in [7, 11) is 4.77. The molecule has 0 unspecified atom stereocenters. The Morgan fingerprint density at radius 2 is 1.57 bits per heavy atom. The zero-order chi connectivity index (χ0) is 32.5. The molecule has 9 nitrogen and oxygen atoms in total. The van der Waals surface area contributed by atoms with Gasteiger partial charge in [-0.2, -0.15) is 0 Å². The van der Waals surface area contributed by atoms with Crippen LogP contribution >= 0.6 is 15.9 Å². The number of nitrogens with one attached hydrogen (secondary N) is 1. The quantitative estimate of drug-likeness (QED) is 0.155. The lowest BCUT2D eigenvalue weighted by Gasteiger charge is -2.31. The fraction of sp³-hybridized carbons (Fsp3) is 0.278. The highest BCUT2D eigenvalue weighted by molar-refractivity contribution is 9.10. The van der Waals surface area contributed by atoms with Crippen LogP contribution in [0.2, 0.25) is 0 Å². The Hall–Kier alpha value is -4.54. The van der Waals surface area contributed by atoms with Gasteiger partial charge in [0.05, 0.1) is 27.9 Å². The van der Waals surface area contributed by atoms with Crippen molar-refractivity contribution in [3.8, 4) is 23.0 Å². The highest BCUT2D eigenvalue weighted by Gasteiger charge is 2.53. The monoisotopic (exact) mass is 688 g/mol. The molecule has 1 heterocycles. The molecule has 46 heavy (non-hydrogen) atoms. The Morgan fingerprint density at radius 1 is 0.870 bits per heavy atom. The summed E-state index contributed by atoms with van der Waals surface area (Å²) >= 11 is 3.52. The number of carbonyl (C=O) groups excluding carboxylic acids is 1. The smallest absolute Gasteiger partial charge is 0.252 e. The van der Waals surface area contributed by atoms with Gasteiger partial charge in [0.15, 0.2) is 11.6 Å². The van der Waals surface area contributed by atoms with Gasteiger partial charge in [-0.1, -0.05) is 40.2 Å². The Bertz CT molecular complexity index is 1640. The first-order valence-corrected chi connectivity index (χ1v) is 15.7. The lowest BCUT2D eigenvalue weighted by atomic mass is 9.82. The molecule has 0 saturated carbocycles. The number of benzene rings is 4. The van der Waals surface area contributed by atoms with Crippen LogP contribution in [0.4, 0.5) is 0 Å². The van der Waals surface area contributed by atoms with E-state index in [2.05, 4.69) is 21.2 Å². The molecule has 4 aromatic rings. The highest BCUT2D eigenvalue weighted by Crippen LogP contribution is 2.43. The molecule has 10 heteroatoms. The van der Waals surface area contributed by atoms with E-state index in [0.29, 0.717) is 47.5 Å². The first-order chi connectivity index (χ1) is 22.4. The van der Waals surface area contributed by atoms with Crippen molar-refractivity contribution in [3.05, 3.63) is 118 Å². The third-order valence-corrected chi connectivity index (χ3v) is 8.21. The minimum atomic E-state index is -1.38. The number of ether oxygens (including phenoxy) is 5. The van der Waals surface area contributed by atoms with Crippen molar-refractivity contribution in [2.24, 2.45) is 4.99 Å². The van der Waals surface area contributed by atoms with Crippen LogP contribution in [0.3, 0.4) is 0 Å². The molecule has 0 fully saturated rings. The molecule has 0 bridgehead atoms. The maximum absolute atomic E-state index is 14.6. The van der Waals surface area contributed by atoms with E-state index >= 15 is 0 Å². The van der Waals surface area contributed by atoms with E-state index in [9.17, 15) is 4.79 Å². The van der Waals surface area contributed by atoms with Crippen molar-refractivity contribution >= 4 is 27.7 Å². The van der Waals surface area contributed by atoms with Crippen LogP contribution in [0.5, 0.6) is 23.0 Å². The van der Waals surface area contributed by atoms with E-state index in [4.69, 9.17) is 33.8 Å². The van der Waals surface area contributed by atoms with Crippen LogP contribution in [-0.4, -0.2) is 57.0 Å². The van der Waals surface area contributed by atoms with Crippen LogP contribution in [0.25, 0.3) is 0 Å². The fourth-order valence-corrected chi connectivity index (χ4v) is 5.57. The number of hydrogen-bond donors (Lipinski definition) is 2. The van der Waals surface area contributed by atoms with Crippen LogP contribution in [0.15, 0.2) is 100 Å². The molecule has 1 aliphatic rings. The average molecular weight is 690 g/mol. The van der Waals surface area contributed by atoms with Gasteiger partial charge in [-0.05, 0) is 77.4 Å². The maximum atomic E-state index is 14.6. The van der Waals surface area contributed by atoms with Gasteiger partial charge in [-0.3, -0.25) is 4.79 Å². The van der Waals surface area contributed by atoms with Crippen LogP contribution in [-0.2, 0) is 22.5 Å². The minimum Gasteiger partial charge on any atom is -0.497 e. The Morgan fingerprint density at radius 3 is 2.22 bits per heavy atom. The summed E-state index contributed by atoms with van der Waals surface area (Å²) in [5.74, 6) is 2.58. The fourth-order valence-electron chi connectivity index (χ4n) is 5.30. The average Bonchev–Trinajstić information content (AvgIpc) is 3.48. The van der Waals surface area contributed by atoms with E-state index in [1.165, 1.54) is 0 Å². The molecule has 0 aliphatic carbocycles. The molecule has 4 aromatic carbocycles. The molecular weight excluding hydrogens is 652 g/mol. The molecule has 0 aromatic heterocycles. The van der Waals surface area contributed by atoms with Crippen molar-refractivity contribution in [2.45, 2.75) is 31.0 Å². The molecule has 2 N–H and O–H groups in total. The van der Waals surface area contributed by atoms with Gasteiger partial charge in [0, 0.05) is 42.1 Å². The van der Waals surface area contributed by atoms with Gasteiger partial charge in [0.2, 0.25) is 5.90 Å². The molecule has 2 atom stereocenters. The molecule has 1 aliphatic heterocycles. The van der Waals surface area contributed by atoms with Gasteiger partial charge < -0.3 is 34.1 Å². The van der Waals surface area contributed by atoms with Gasteiger partial charge in [0.25, 0.3) is 5.91 Å². The van der Waals surface area contributed by atoms with Crippen LogP contribution in [0.1, 0.15) is 34.8 Å². The first kappa shape index (κ1) is 32.8. The number of aliphatic imine (C=N–C) groups is 1. The number of carbonyl (C=O) groups is 1. The zero-order valence-electron chi connectivity index (χ0n) is 26.0. The number of aliphatic hydroxyl groups is 1. The second-order valence-corrected chi connectivity index (χ2v) is 11.7. The second-order valence-electron chi connectivity index (χ2n) is 10.8. The molecule has 0 radical (unpaired) electrons. The molecule has 0 spiro atoms. The topological polar surface area (TPSA) is 108 Å². The van der Waals surface area contributed by atoms with E-state index in [0.717, 1.165) is 21.2 Å². The predicted molar refractivity (Wildman–Crippen MR) is 179 cm³/mol. The normalized spacial score (nSPS) is 17.1. The van der Waals surface area contributed by atoms with Crippen molar-refractivity contribution in [1.29, 1.82) is 0 Å². The highest BCUT2D eigenvalue weighted by atomic mass is 79.9. The number of hydrogen-bond acceptors (Lipinski definition) is 8. The first-order valence-electron chi connectivity index (χ1n) is 14.9. The molecule has 0 saturated heterocycles. The zero-order valence-corrected chi connectivity index (χ0v) is 27.6. The van der Waals surface area contributed by atoms with Gasteiger partial charge in [-0.15, -0.1) is 0 Å². The molecular formula is C36H37BrN2O7. The summed E-state index contributed by atoms with van der Waals surface area (Å²) in [6, 6.07) is 28.2. The summed E-state index contributed by atoms with van der Waals surface area (Å²) in [6.07, 6.45) is 0.0266. The lowest BCUT2D eigenvalue weighted by molar-refractivity contribution is -0.129. The number of halogens is 1. The van der Waals surface area contributed by atoms with Crippen molar-refractivity contribution in [1.82, 2.24) is 5.32 Å². The molecule has 1 amide bonds. The van der Waals surface area contributed by atoms with Crippen molar-refractivity contribution in [3.63, 3.8) is 0 Å². The Balaban J connectivity index is 1.56. The van der Waals surface area contributed by atoms with E-state index < -0.39 is 11.6 Å². The standard InChI is InChI=1S/C36H37BrN2O7/c1-42-30-7-4-6-27(20-30)33-36(22-24-8-12-28(37)13-9-24,35(41)38-23-25-18-31(43-2)21-32(19-25)44-3)39-34(46-33)26-10-14-29(15-11-26)45-17-5-16-40/h4,6-15,18-21,33,40H,5,16-17,22-23H2,1-3H3,(H,38,41)/t33-,36-/m1/s1. The molecule has 240 valence electrons.